The molecular weight excluding hydrogens is 323 g/mol. The predicted molar refractivity (Wildman–Crippen MR) is 81.2 cm³/mol. The summed E-state index contributed by atoms with van der Waals surface area (Å²) in [6, 6.07) is 3.13. The first-order valence-electron chi connectivity index (χ1n) is 7.53. The van der Waals surface area contributed by atoms with Gasteiger partial charge in [0.15, 0.2) is 0 Å². The van der Waals surface area contributed by atoms with Crippen LogP contribution in [0.2, 0.25) is 0 Å². The molecule has 132 valence electrons. The predicted octanol–water partition coefficient (Wildman–Crippen LogP) is 3.15. The summed E-state index contributed by atoms with van der Waals surface area (Å²) in [5.41, 5.74) is 2.60. The van der Waals surface area contributed by atoms with E-state index in [0.29, 0.717) is 12.2 Å². The number of nitrogens with zero attached hydrogens (tertiary/aromatic N) is 3. The lowest BCUT2D eigenvalue weighted by Crippen LogP contribution is -2.38. The SMILES string of the molecule is Cc1nn(C)c(C)c1CCC(=O)N(Cc1ccco1)CC(F)(F)F. The molecule has 0 unspecified atom stereocenters. The number of carbonyl (C=O) groups is 1. The highest BCUT2D eigenvalue weighted by atomic mass is 19.4. The van der Waals surface area contributed by atoms with E-state index >= 15 is 0 Å². The van der Waals surface area contributed by atoms with Gasteiger partial charge in [-0.1, -0.05) is 0 Å². The molecule has 0 aliphatic carbocycles. The average Bonchev–Trinajstić information content (AvgIpc) is 3.05. The van der Waals surface area contributed by atoms with Gasteiger partial charge in [0.25, 0.3) is 0 Å². The van der Waals surface area contributed by atoms with Crippen molar-refractivity contribution in [1.82, 2.24) is 14.7 Å². The van der Waals surface area contributed by atoms with Crippen LogP contribution in [0.15, 0.2) is 22.8 Å². The van der Waals surface area contributed by atoms with Gasteiger partial charge in [-0.15, -0.1) is 0 Å². The lowest BCUT2D eigenvalue weighted by molar-refractivity contribution is -0.162. The fourth-order valence-electron chi connectivity index (χ4n) is 2.61. The first-order chi connectivity index (χ1) is 11.2. The zero-order valence-electron chi connectivity index (χ0n) is 13.9. The molecule has 5 nitrogen and oxygen atoms in total. The van der Waals surface area contributed by atoms with Crippen molar-refractivity contribution in [2.75, 3.05) is 6.54 Å². The van der Waals surface area contributed by atoms with E-state index in [0.717, 1.165) is 21.9 Å². The highest BCUT2D eigenvalue weighted by molar-refractivity contribution is 5.76. The monoisotopic (exact) mass is 343 g/mol. The Bertz CT molecular complexity index is 690. The lowest BCUT2D eigenvalue weighted by Gasteiger charge is -2.23. The maximum absolute atomic E-state index is 12.8. The van der Waals surface area contributed by atoms with Gasteiger partial charge in [-0.05, 0) is 38.0 Å². The van der Waals surface area contributed by atoms with Crippen molar-refractivity contribution in [2.24, 2.45) is 7.05 Å². The number of carbonyl (C=O) groups excluding carboxylic acids is 1. The first kappa shape index (κ1) is 18.1. The van der Waals surface area contributed by atoms with Gasteiger partial charge < -0.3 is 9.32 Å². The molecule has 1 amide bonds. The van der Waals surface area contributed by atoms with Crippen LogP contribution in [-0.4, -0.2) is 33.3 Å². The maximum Gasteiger partial charge on any atom is 0.406 e. The molecule has 0 bridgehead atoms. The highest BCUT2D eigenvalue weighted by Crippen LogP contribution is 2.20. The summed E-state index contributed by atoms with van der Waals surface area (Å²) in [7, 11) is 1.79. The quantitative estimate of drug-likeness (QED) is 0.810. The van der Waals surface area contributed by atoms with Gasteiger partial charge in [-0.3, -0.25) is 9.48 Å². The summed E-state index contributed by atoms with van der Waals surface area (Å²) >= 11 is 0. The number of hydrogen-bond donors (Lipinski definition) is 0. The van der Waals surface area contributed by atoms with Crippen molar-refractivity contribution >= 4 is 5.91 Å². The molecule has 2 rings (SSSR count). The zero-order valence-corrected chi connectivity index (χ0v) is 13.9. The summed E-state index contributed by atoms with van der Waals surface area (Å²) in [6.45, 7) is 2.20. The molecule has 0 aromatic carbocycles. The van der Waals surface area contributed by atoms with Crippen LogP contribution in [0.3, 0.4) is 0 Å². The van der Waals surface area contributed by atoms with Crippen LogP contribution in [0.4, 0.5) is 13.2 Å². The molecule has 0 fully saturated rings. The van der Waals surface area contributed by atoms with Gasteiger partial charge in [0, 0.05) is 19.2 Å². The number of amides is 1. The summed E-state index contributed by atoms with van der Waals surface area (Å²) in [4.78, 5) is 13.1. The van der Waals surface area contributed by atoms with Crippen molar-refractivity contribution in [2.45, 2.75) is 39.4 Å². The molecule has 0 spiro atoms. The lowest BCUT2D eigenvalue weighted by atomic mass is 10.1. The minimum Gasteiger partial charge on any atom is -0.467 e. The Morgan fingerprint density at radius 1 is 1.38 bits per heavy atom. The van der Waals surface area contributed by atoms with E-state index in [1.54, 1.807) is 23.9 Å². The Hall–Kier alpha value is -2.25. The molecule has 0 saturated heterocycles. The van der Waals surface area contributed by atoms with Gasteiger partial charge in [0.05, 0.1) is 18.5 Å². The number of halogens is 3. The fraction of sp³-hybridized carbons (Fsp3) is 0.500. The molecule has 0 saturated carbocycles. The molecule has 0 radical (unpaired) electrons. The van der Waals surface area contributed by atoms with Crippen LogP contribution in [0.1, 0.15) is 29.1 Å². The van der Waals surface area contributed by atoms with Gasteiger partial charge in [0.2, 0.25) is 5.91 Å². The third-order valence-electron chi connectivity index (χ3n) is 3.90. The van der Waals surface area contributed by atoms with E-state index in [1.165, 1.54) is 6.26 Å². The fourth-order valence-corrected chi connectivity index (χ4v) is 2.61. The van der Waals surface area contributed by atoms with Crippen LogP contribution >= 0.6 is 0 Å². The number of rotatable bonds is 6. The van der Waals surface area contributed by atoms with Crippen molar-refractivity contribution < 1.29 is 22.4 Å². The number of aryl methyl sites for hydroxylation is 2. The summed E-state index contributed by atoms with van der Waals surface area (Å²) in [6.07, 6.45) is -2.74. The minimum absolute atomic E-state index is 0.00976. The summed E-state index contributed by atoms with van der Waals surface area (Å²) in [5.74, 6) is -0.243. The second kappa shape index (κ2) is 7.11. The van der Waals surface area contributed by atoms with Crippen molar-refractivity contribution in [3.63, 3.8) is 0 Å². The molecule has 2 aromatic rings. The molecule has 0 aliphatic rings. The Balaban J connectivity index is 2.06. The Kier molecular flexibility index (Phi) is 5.36. The topological polar surface area (TPSA) is 51.3 Å². The van der Waals surface area contributed by atoms with Crippen LogP contribution in [-0.2, 0) is 24.8 Å². The Morgan fingerprint density at radius 2 is 2.08 bits per heavy atom. The van der Waals surface area contributed by atoms with Gasteiger partial charge in [0.1, 0.15) is 12.3 Å². The van der Waals surface area contributed by atoms with E-state index in [4.69, 9.17) is 4.42 Å². The maximum atomic E-state index is 12.8. The average molecular weight is 343 g/mol. The van der Waals surface area contributed by atoms with Crippen molar-refractivity contribution in [1.29, 1.82) is 0 Å². The molecule has 0 N–H and O–H groups in total. The number of furan rings is 1. The van der Waals surface area contributed by atoms with Crippen molar-refractivity contribution in [3.8, 4) is 0 Å². The van der Waals surface area contributed by atoms with Crippen LogP contribution in [0, 0.1) is 13.8 Å². The Morgan fingerprint density at radius 3 is 2.58 bits per heavy atom. The number of alkyl halides is 3. The molecule has 0 aliphatic heterocycles. The molecule has 2 heterocycles. The standard InChI is InChI=1S/C16H20F3N3O2/c1-11-14(12(2)21(3)20-11)6-7-15(23)22(10-16(17,18)19)9-13-5-4-8-24-13/h4-5,8H,6-7,9-10H2,1-3H3. The van der Waals surface area contributed by atoms with Gasteiger partial charge >= 0.3 is 6.18 Å². The second-order valence-electron chi connectivity index (χ2n) is 5.72. The van der Waals surface area contributed by atoms with Crippen LogP contribution in [0.25, 0.3) is 0 Å². The third kappa shape index (κ3) is 4.62. The van der Waals surface area contributed by atoms with Crippen LogP contribution in [0.5, 0.6) is 0 Å². The van der Waals surface area contributed by atoms with E-state index in [2.05, 4.69) is 5.10 Å². The second-order valence-corrected chi connectivity index (χ2v) is 5.72. The molecule has 24 heavy (non-hydrogen) atoms. The minimum atomic E-state index is -4.46. The van der Waals surface area contributed by atoms with E-state index in [1.807, 2.05) is 13.8 Å². The number of aromatic nitrogens is 2. The summed E-state index contributed by atoms with van der Waals surface area (Å²) in [5, 5.41) is 4.25. The summed E-state index contributed by atoms with van der Waals surface area (Å²) < 4.78 is 45.0. The van der Waals surface area contributed by atoms with E-state index in [9.17, 15) is 18.0 Å². The van der Waals surface area contributed by atoms with E-state index in [-0.39, 0.29) is 13.0 Å². The smallest absolute Gasteiger partial charge is 0.406 e. The van der Waals surface area contributed by atoms with E-state index < -0.39 is 18.6 Å². The van der Waals surface area contributed by atoms with Gasteiger partial charge in [-0.25, -0.2) is 0 Å². The molecule has 2 aromatic heterocycles. The highest BCUT2D eigenvalue weighted by Gasteiger charge is 2.33. The Labute approximate surface area is 138 Å². The molecule has 8 heteroatoms. The number of hydrogen-bond acceptors (Lipinski definition) is 3. The third-order valence-corrected chi connectivity index (χ3v) is 3.90. The van der Waals surface area contributed by atoms with Crippen LogP contribution < -0.4 is 0 Å². The normalized spacial score (nSPS) is 11.8. The molecular formula is C16H20F3N3O2. The zero-order chi connectivity index (χ0) is 17.9. The van der Waals surface area contributed by atoms with Crippen molar-refractivity contribution in [3.05, 3.63) is 41.1 Å². The first-order valence-corrected chi connectivity index (χ1v) is 7.53. The largest absolute Gasteiger partial charge is 0.467 e. The molecule has 0 atom stereocenters. The van der Waals surface area contributed by atoms with Gasteiger partial charge in [-0.2, -0.15) is 18.3 Å².